The first-order chi connectivity index (χ1) is 15.5. The molecule has 32 heavy (non-hydrogen) atoms. The average Bonchev–Trinajstić information content (AvgIpc) is 3.59. The van der Waals surface area contributed by atoms with E-state index in [0.717, 1.165) is 31.4 Å². The van der Waals surface area contributed by atoms with E-state index in [2.05, 4.69) is 20.0 Å². The van der Waals surface area contributed by atoms with Crippen LogP contribution in [0, 0.1) is 5.92 Å². The second kappa shape index (κ2) is 10.1. The number of sulfonamides is 1. The molecule has 8 nitrogen and oxygen atoms in total. The molecule has 1 amide bonds. The molecule has 1 aromatic carbocycles. The lowest BCUT2D eigenvalue weighted by Gasteiger charge is -2.07. The number of carbonyl (C=O) groups is 1. The fraction of sp³-hybridized carbons (Fsp3) is 0.435. The van der Waals surface area contributed by atoms with Gasteiger partial charge in [-0.05, 0) is 49.3 Å². The number of unbranched alkanes of at least 4 members (excludes halogenated alkanes) is 2. The van der Waals surface area contributed by atoms with Gasteiger partial charge in [-0.25, -0.2) is 13.4 Å². The molecule has 2 aromatic rings. The summed E-state index contributed by atoms with van der Waals surface area (Å²) in [6, 6.07) is 10.6. The SMILES string of the molecule is O=C(CCCCCN=C1NS(=O)(=O)c2ccccc21)NCc1ccc(OCC2CC2)nc1. The molecule has 0 bridgehead atoms. The molecule has 2 aliphatic rings. The van der Waals surface area contributed by atoms with Crippen molar-refractivity contribution in [3.05, 3.63) is 53.7 Å². The summed E-state index contributed by atoms with van der Waals surface area (Å²) in [6.07, 6.45) is 7.05. The molecule has 0 spiro atoms. The molecule has 4 rings (SSSR count). The summed E-state index contributed by atoms with van der Waals surface area (Å²) in [5.41, 5.74) is 1.55. The highest BCUT2D eigenvalue weighted by atomic mass is 32.2. The number of pyridine rings is 1. The van der Waals surface area contributed by atoms with Gasteiger partial charge in [0.05, 0.1) is 11.5 Å². The normalized spacial score (nSPS) is 17.6. The number of hydrogen-bond donors (Lipinski definition) is 2. The Morgan fingerprint density at radius 3 is 2.78 bits per heavy atom. The number of amidine groups is 1. The molecule has 1 aliphatic heterocycles. The highest BCUT2D eigenvalue weighted by molar-refractivity contribution is 7.90. The Labute approximate surface area is 188 Å². The largest absolute Gasteiger partial charge is 0.477 e. The number of hydrogen-bond acceptors (Lipinski definition) is 6. The van der Waals surface area contributed by atoms with Crippen molar-refractivity contribution in [2.45, 2.75) is 50.0 Å². The zero-order valence-corrected chi connectivity index (χ0v) is 18.7. The van der Waals surface area contributed by atoms with Gasteiger partial charge in [-0.2, -0.15) is 0 Å². The van der Waals surface area contributed by atoms with Gasteiger partial charge in [0.25, 0.3) is 10.0 Å². The van der Waals surface area contributed by atoms with Gasteiger partial charge in [0, 0.05) is 37.3 Å². The Morgan fingerprint density at radius 1 is 1.16 bits per heavy atom. The predicted octanol–water partition coefficient (Wildman–Crippen LogP) is 2.79. The number of rotatable bonds is 11. The van der Waals surface area contributed by atoms with Crippen molar-refractivity contribution >= 4 is 21.8 Å². The summed E-state index contributed by atoms with van der Waals surface area (Å²) in [5, 5.41) is 2.91. The van der Waals surface area contributed by atoms with Crippen LogP contribution in [-0.4, -0.2) is 38.3 Å². The molecule has 9 heteroatoms. The third kappa shape index (κ3) is 6.06. The van der Waals surface area contributed by atoms with Crippen LogP contribution in [0.25, 0.3) is 0 Å². The number of aliphatic imine (C=N–C) groups is 1. The van der Waals surface area contributed by atoms with E-state index in [1.165, 1.54) is 12.8 Å². The van der Waals surface area contributed by atoms with Crippen LogP contribution in [0.1, 0.15) is 49.7 Å². The fourth-order valence-electron chi connectivity index (χ4n) is 3.39. The van der Waals surface area contributed by atoms with Crippen LogP contribution < -0.4 is 14.8 Å². The third-order valence-electron chi connectivity index (χ3n) is 5.45. The first kappa shape index (κ1) is 22.3. The van der Waals surface area contributed by atoms with Crippen molar-refractivity contribution in [1.29, 1.82) is 0 Å². The maximum absolute atomic E-state index is 12.1. The van der Waals surface area contributed by atoms with Gasteiger partial charge in [-0.3, -0.25) is 14.5 Å². The summed E-state index contributed by atoms with van der Waals surface area (Å²) < 4.78 is 32.2. The Morgan fingerprint density at radius 2 is 2.00 bits per heavy atom. The molecule has 1 fully saturated rings. The summed E-state index contributed by atoms with van der Waals surface area (Å²) in [7, 11) is -3.49. The fourth-order valence-corrected chi connectivity index (χ4v) is 4.64. The second-order valence-corrected chi connectivity index (χ2v) is 9.83. The predicted molar refractivity (Wildman–Crippen MR) is 121 cm³/mol. The summed E-state index contributed by atoms with van der Waals surface area (Å²) in [6.45, 7) is 1.69. The Kier molecular flexibility index (Phi) is 7.04. The number of carbonyl (C=O) groups excluding carboxylic acids is 1. The summed E-state index contributed by atoms with van der Waals surface area (Å²) in [5.74, 6) is 1.72. The van der Waals surface area contributed by atoms with Gasteiger partial charge in [0.1, 0.15) is 5.84 Å². The van der Waals surface area contributed by atoms with Gasteiger partial charge in [-0.1, -0.05) is 24.6 Å². The number of benzene rings is 1. The molecule has 2 heterocycles. The number of amides is 1. The van der Waals surface area contributed by atoms with Crippen molar-refractivity contribution in [1.82, 2.24) is 15.0 Å². The Hall–Kier alpha value is -2.94. The summed E-state index contributed by atoms with van der Waals surface area (Å²) in [4.78, 5) is 21.0. The van der Waals surface area contributed by atoms with Gasteiger partial charge in [-0.15, -0.1) is 0 Å². The second-order valence-electron chi connectivity index (χ2n) is 8.18. The molecule has 0 radical (unpaired) electrons. The van der Waals surface area contributed by atoms with E-state index in [4.69, 9.17) is 4.74 Å². The third-order valence-corrected chi connectivity index (χ3v) is 6.84. The minimum absolute atomic E-state index is 0.00264. The Bertz CT molecular complexity index is 1080. The number of ether oxygens (including phenoxy) is 1. The van der Waals surface area contributed by atoms with E-state index < -0.39 is 10.0 Å². The van der Waals surface area contributed by atoms with Crippen LogP contribution in [0.5, 0.6) is 5.88 Å². The van der Waals surface area contributed by atoms with Crippen molar-refractivity contribution in [2.75, 3.05) is 13.2 Å². The minimum atomic E-state index is -3.49. The standard InChI is InChI=1S/C23H28N4O4S/c28-21(25-14-18-11-12-22(26-15-18)31-16-17-9-10-17)8-2-1-5-13-24-23-19-6-3-4-7-20(19)32(29,30)27-23/h3-4,6-7,11-12,15,17H,1-2,5,8-10,13-14,16H2,(H,24,27)(H,25,28). The van der Waals surface area contributed by atoms with Crippen LogP contribution >= 0.6 is 0 Å². The van der Waals surface area contributed by atoms with Crippen molar-refractivity contribution in [3.8, 4) is 5.88 Å². The number of aromatic nitrogens is 1. The molecule has 1 saturated carbocycles. The van der Waals surface area contributed by atoms with Crippen LogP contribution in [0.15, 0.2) is 52.5 Å². The number of fused-ring (bicyclic) bond motifs is 1. The molecule has 0 atom stereocenters. The maximum atomic E-state index is 12.1. The lowest BCUT2D eigenvalue weighted by atomic mass is 10.2. The first-order valence-corrected chi connectivity index (χ1v) is 12.5. The lowest BCUT2D eigenvalue weighted by Crippen LogP contribution is -2.22. The molecule has 0 saturated heterocycles. The molecule has 170 valence electrons. The lowest BCUT2D eigenvalue weighted by molar-refractivity contribution is -0.121. The molecule has 0 unspecified atom stereocenters. The number of nitrogens with zero attached hydrogens (tertiary/aromatic N) is 2. The van der Waals surface area contributed by atoms with Gasteiger partial charge < -0.3 is 10.1 Å². The Balaban J connectivity index is 1.11. The number of nitrogens with one attached hydrogen (secondary N) is 2. The minimum Gasteiger partial charge on any atom is -0.477 e. The van der Waals surface area contributed by atoms with Crippen molar-refractivity contribution < 1.29 is 17.9 Å². The molecule has 1 aromatic heterocycles. The van der Waals surface area contributed by atoms with Gasteiger partial charge in [0.2, 0.25) is 11.8 Å². The monoisotopic (exact) mass is 456 g/mol. The molecule has 2 N–H and O–H groups in total. The zero-order chi connectivity index (χ0) is 22.4. The van der Waals surface area contributed by atoms with Crippen LogP contribution in [0.2, 0.25) is 0 Å². The van der Waals surface area contributed by atoms with E-state index in [0.29, 0.717) is 42.7 Å². The zero-order valence-electron chi connectivity index (χ0n) is 17.9. The maximum Gasteiger partial charge on any atom is 0.263 e. The van der Waals surface area contributed by atoms with Crippen molar-refractivity contribution in [3.63, 3.8) is 0 Å². The van der Waals surface area contributed by atoms with Gasteiger partial charge >= 0.3 is 0 Å². The first-order valence-electron chi connectivity index (χ1n) is 11.0. The quantitative estimate of drug-likeness (QED) is 0.505. The topological polar surface area (TPSA) is 110 Å². The molecular formula is C23H28N4O4S. The average molecular weight is 457 g/mol. The van der Waals surface area contributed by atoms with Crippen LogP contribution in [-0.2, 0) is 21.4 Å². The highest BCUT2D eigenvalue weighted by Crippen LogP contribution is 2.29. The molecule has 1 aliphatic carbocycles. The van der Waals surface area contributed by atoms with Crippen molar-refractivity contribution in [2.24, 2.45) is 10.9 Å². The van der Waals surface area contributed by atoms with E-state index in [-0.39, 0.29) is 10.8 Å². The highest BCUT2D eigenvalue weighted by Gasteiger charge is 2.29. The van der Waals surface area contributed by atoms with E-state index >= 15 is 0 Å². The van der Waals surface area contributed by atoms with E-state index in [1.807, 2.05) is 12.1 Å². The van der Waals surface area contributed by atoms with E-state index in [1.54, 1.807) is 30.5 Å². The van der Waals surface area contributed by atoms with Gasteiger partial charge in [0.15, 0.2) is 0 Å². The molecular weight excluding hydrogens is 428 g/mol. The summed E-state index contributed by atoms with van der Waals surface area (Å²) >= 11 is 0. The van der Waals surface area contributed by atoms with Crippen LogP contribution in [0.3, 0.4) is 0 Å². The van der Waals surface area contributed by atoms with Crippen LogP contribution in [0.4, 0.5) is 0 Å². The smallest absolute Gasteiger partial charge is 0.263 e. The van der Waals surface area contributed by atoms with E-state index in [9.17, 15) is 13.2 Å².